The lowest BCUT2D eigenvalue weighted by Crippen LogP contribution is -2.44. The zero-order chi connectivity index (χ0) is 16.4. The van der Waals surface area contributed by atoms with Gasteiger partial charge in [-0.15, -0.1) is 5.10 Å². The number of piperidine rings is 1. The van der Waals surface area contributed by atoms with Crippen molar-refractivity contribution in [2.75, 3.05) is 20.1 Å². The van der Waals surface area contributed by atoms with Gasteiger partial charge in [0.2, 0.25) is 0 Å². The highest BCUT2D eigenvalue weighted by Crippen LogP contribution is 2.19. The molecule has 1 aromatic heterocycles. The van der Waals surface area contributed by atoms with E-state index in [4.69, 9.17) is 0 Å². The van der Waals surface area contributed by atoms with Gasteiger partial charge in [0.05, 0.1) is 11.4 Å². The van der Waals surface area contributed by atoms with Crippen molar-refractivity contribution in [2.24, 2.45) is 0 Å². The smallest absolute Gasteiger partial charge is 0.276 e. The molecule has 0 radical (unpaired) electrons. The first-order valence-electron chi connectivity index (χ1n) is 7.74. The van der Waals surface area contributed by atoms with Crippen molar-refractivity contribution in [3.05, 3.63) is 40.1 Å². The van der Waals surface area contributed by atoms with Crippen LogP contribution in [-0.2, 0) is 0 Å². The maximum Gasteiger partial charge on any atom is 0.276 e. The zero-order valence-electron chi connectivity index (χ0n) is 13.3. The van der Waals surface area contributed by atoms with Crippen molar-refractivity contribution in [2.45, 2.75) is 25.8 Å². The summed E-state index contributed by atoms with van der Waals surface area (Å²) in [5, 5.41) is 11.6. The minimum Gasteiger partial charge on any atom is -0.337 e. The molecule has 1 aromatic carbocycles. The number of hydrogen-bond donors (Lipinski definition) is 1. The Balaban J connectivity index is 1.85. The van der Waals surface area contributed by atoms with E-state index in [1.807, 2.05) is 43.1 Å². The van der Waals surface area contributed by atoms with Crippen molar-refractivity contribution in [1.82, 2.24) is 25.2 Å². The van der Waals surface area contributed by atoms with Crippen LogP contribution < -0.4 is 5.32 Å². The Bertz CT molecular complexity index is 708. The summed E-state index contributed by atoms with van der Waals surface area (Å²) in [6.07, 6.45) is 1.95. The minimum absolute atomic E-state index is 0.0596. The highest BCUT2D eigenvalue weighted by atomic mass is 79.9. The summed E-state index contributed by atoms with van der Waals surface area (Å²) in [5.74, 6) is -0.0596. The molecule has 0 aliphatic carbocycles. The molecule has 0 spiro atoms. The maximum atomic E-state index is 12.8. The molecule has 23 heavy (non-hydrogen) atoms. The maximum absolute atomic E-state index is 12.8. The fourth-order valence-electron chi connectivity index (χ4n) is 2.91. The number of hydrogen-bond acceptors (Lipinski definition) is 4. The highest BCUT2D eigenvalue weighted by Gasteiger charge is 2.26. The van der Waals surface area contributed by atoms with Gasteiger partial charge < -0.3 is 10.2 Å². The minimum atomic E-state index is -0.0596. The summed E-state index contributed by atoms with van der Waals surface area (Å²) in [6.45, 7) is 3.78. The van der Waals surface area contributed by atoms with Gasteiger partial charge in [0, 0.05) is 17.6 Å². The normalized spacial score (nSPS) is 15.6. The van der Waals surface area contributed by atoms with Gasteiger partial charge in [-0.2, -0.15) is 0 Å². The highest BCUT2D eigenvalue weighted by molar-refractivity contribution is 9.10. The van der Waals surface area contributed by atoms with Crippen LogP contribution in [0.5, 0.6) is 0 Å². The van der Waals surface area contributed by atoms with Gasteiger partial charge in [0.1, 0.15) is 0 Å². The first-order valence-corrected chi connectivity index (χ1v) is 8.53. The molecule has 1 saturated heterocycles. The average Bonchev–Trinajstić information content (AvgIpc) is 2.96. The van der Waals surface area contributed by atoms with E-state index in [1.54, 1.807) is 4.68 Å². The molecule has 7 heteroatoms. The molecule has 122 valence electrons. The quantitative estimate of drug-likeness (QED) is 0.889. The van der Waals surface area contributed by atoms with Crippen LogP contribution in [0.4, 0.5) is 0 Å². The molecule has 3 rings (SSSR count). The number of nitrogens with zero attached hydrogens (tertiary/aromatic N) is 4. The van der Waals surface area contributed by atoms with Gasteiger partial charge in [-0.25, -0.2) is 4.68 Å². The fraction of sp³-hybridized carbons (Fsp3) is 0.438. The van der Waals surface area contributed by atoms with Gasteiger partial charge in [0.15, 0.2) is 5.69 Å². The molecule has 1 aliphatic heterocycles. The number of carbonyl (C=O) groups is 1. The molecule has 1 fully saturated rings. The van der Waals surface area contributed by atoms with E-state index in [-0.39, 0.29) is 11.9 Å². The van der Waals surface area contributed by atoms with E-state index in [0.717, 1.165) is 41.8 Å². The number of nitrogens with one attached hydrogen (secondary N) is 1. The molecule has 1 N–H and O–H groups in total. The summed E-state index contributed by atoms with van der Waals surface area (Å²) in [7, 11) is 1.86. The van der Waals surface area contributed by atoms with Crippen LogP contribution in [0.1, 0.15) is 29.0 Å². The van der Waals surface area contributed by atoms with Crippen molar-refractivity contribution in [3.63, 3.8) is 0 Å². The van der Waals surface area contributed by atoms with E-state index in [2.05, 4.69) is 31.6 Å². The largest absolute Gasteiger partial charge is 0.337 e. The number of carbonyl (C=O) groups excluding carboxylic acids is 1. The van der Waals surface area contributed by atoms with E-state index >= 15 is 0 Å². The molecular formula is C16H20BrN5O. The van der Waals surface area contributed by atoms with E-state index in [9.17, 15) is 4.79 Å². The molecule has 0 unspecified atom stereocenters. The predicted octanol–water partition coefficient (Wildman–Crippen LogP) is 2.16. The lowest BCUT2D eigenvalue weighted by molar-refractivity contribution is 0.0696. The lowest BCUT2D eigenvalue weighted by atomic mass is 10.0. The van der Waals surface area contributed by atoms with E-state index < -0.39 is 0 Å². The number of amides is 1. The third-order valence-corrected chi connectivity index (χ3v) is 4.82. The molecule has 2 aromatic rings. The molecular weight excluding hydrogens is 358 g/mol. The van der Waals surface area contributed by atoms with Gasteiger partial charge in [-0.05, 0) is 51.1 Å². The zero-order valence-corrected chi connectivity index (χ0v) is 14.9. The molecule has 1 aliphatic rings. The van der Waals surface area contributed by atoms with Crippen LogP contribution in [0.15, 0.2) is 28.7 Å². The second-order valence-corrected chi connectivity index (χ2v) is 6.73. The van der Waals surface area contributed by atoms with Crippen LogP contribution in [-0.4, -0.2) is 52.0 Å². The summed E-state index contributed by atoms with van der Waals surface area (Å²) in [5.41, 5.74) is 2.06. The second kappa shape index (κ2) is 6.80. The lowest BCUT2D eigenvalue weighted by Gasteiger charge is -2.31. The molecule has 0 atom stereocenters. The Labute approximate surface area is 144 Å². The topological polar surface area (TPSA) is 63.1 Å². The first-order chi connectivity index (χ1) is 11.1. The summed E-state index contributed by atoms with van der Waals surface area (Å²) >= 11 is 3.45. The molecule has 1 amide bonds. The average molecular weight is 378 g/mol. The second-order valence-electron chi connectivity index (χ2n) is 5.81. The van der Waals surface area contributed by atoms with E-state index in [1.165, 1.54) is 0 Å². The molecule has 0 saturated carbocycles. The van der Waals surface area contributed by atoms with Crippen molar-refractivity contribution in [3.8, 4) is 5.69 Å². The van der Waals surface area contributed by atoms with Crippen LogP contribution in [0.2, 0.25) is 0 Å². The van der Waals surface area contributed by atoms with Crippen LogP contribution >= 0.6 is 15.9 Å². The van der Waals surface area contributed by atoms with Crippen LogP contribution in [0.25, 0.3) is 5.69 Å². The number of aromatic nitrogens is 3. The summed E-state index contributed by atoms with van der Waals surface area (Å²) in [4.78, 5) is 14.6. The third-order valence-electron chi connectivity index (χ3n) is 4.33. The standard InChI is InChI=1S/C16H20BrN5O/c1-11-15(16(23)21(2)13-6-8-18-9-7-13)19-20-22(11)14-5-3-4-12(17)10-14/h3-5,10,13,18H,6-9H2,1-2H3. The Morgan fingerprint density at radius 3 is 2.83 bits per heavy atom. The van der Waals surface area contributed by atoms with Crippen molar-refractivity contribution >= 4 is 21.8 Å². The van der Waals surface area contributed by atoms with E-state index in [0.29, 0.717) is 5.69 Å². The molecule has 6 nitrogen and oxygen atoms in total. The first kappa shape index (κ1) is 16.1. The summed E-state index contributed by atoms with van der Waals surface area (Å²) < 4.78 is 2.67. The van der Waals surface area contributed by atoms with Gasteiger partial charge in [0.25, 0.3) is 5.91 Å². The molecule has 0 bridgehead atoms. The van der Waals surface area contributed by atoms with Crippen LogP contribution in [0.3, 0.4) is 0 Å². The number of halogens is 1. The Kier molecular flexibility index (Phi) is 4.77. The Morgan fingerprint density at radius 1 is 1.39 bits per heavy atom. The van der Waals surface area contributed by atoms with Crippen molar-refractivity contribution < 1.29 is 4.79 Å². The van der Waals surface area contributed by atoms with Gasteiger partial charge in [-0.3, -0.25) is 4.79 Å². The van der Waals surface area contributed by atoms with Crippen LogP contribution in [0, 0.1) is 6.92 Å². The third kappa shape index (κ3) is 3.30. The monoisotopic (exact) mass is 377 g/mol. The number of rotatable bonds is 3. The predicted molar refractivity (Wildman–Crippen MR) is 91.8 cm³/mol. The summed E-state index contributed by atoms with van der Waals surface area (Å²) in [6, 6.07) is 8.04. The Hall–Kier alpha value is -1.73. The molecule has 2 heterocycles. The van der Waals surface area contributed by atoms with Gasteiger partial charge >= 0.3 is 0 Å². The van der Waals surface area contributed by atoms with Gasteiger partial charge in [-0.1, -0.05) is 27.2 Å². The fourth-order valence-corrected chi connectivity index (χ4v) is 3.29. The Morgan fingerprint density at radius 2 is 2.13 bits per heavy atom. The van der Waals surface area contributed by atoms with Crippen molar-refractivity contribution in [1.29, 1.82) is 0 Å². The SMILES string of the molecule is Cc1c(C(=O)N(C)C2CCNCC2)nnn1-c1cccc(Br)c1. The number of benzene rings is 1.